The minimum absolute atomic E-state index is 0.388. The first kappa shape index (κ1) is 17.5. The van der Waals surface area contributed by atoms with E-state index in [2.05, 4.69) is 56.5 Å². The zero-order chi connectivity index (χ0) is 17.0. The van der Waals surface area contributed by atoms with E-state index >= 15 is 0 Å². The number of nitrogens with zero attached hydrogens (tertiary/aromatic N) is 2. The van der Waals surface area contributed by atoms with E-state index in [9.17, 15) is 0 Å². The van der Waals surface area contributed by atoms with Gasteiger partial charge in [-0.25, -0.2) is 0 Å². The fourth-order valence-corrected chi connectivity index (χ4v) is 3.33. The first-order chi connectivity index (χ1) is 10.8. The van der Waals surface area contributed by atoms with E-state index in [0.717, 1.165) is 35.6 Å². The maximum Gasteiger partial charge on any atom is 0.0706 e. The minimum atomic E-state index is 0.388. The Morgan fingerprint density at radius 3 is 2.65 bits per heavy atom. The number of allylic oxidation sites excluding steroid dienone is 5. The number of anilines is 1. The Morgan fingerprint density at radius 1 is 1.35 bits per heavy atom. The van der Waals surface area contributed by atoms with E-state index < -0.39 is 0 Å². The van der Waals surface area contributed by atoms with Crippen molar-refractivity contribution in [2.45, 2.75) is 47.5 Å². The lowest BCUT2D eigenvalue weighted by Crippen LogP contribution is -2.40. The highest BCUT2D eigenvalue weighted by Crippen LogP contribution is 2.33. The van der Waals surface area contributed by atoms with Gasteiger partial charge in [0, 0.05) is 18.7 Å². The predicted molar refractivity (Wildman–Crippen MR) is 102 cm³/mol. The van der Waals surface area contributed by atoms with E-state index in [1.165, 1.54) is 18.5 Å². The van der Waals surface area contributed by atoms with E-state index in [-0.39, 0.29) is 0 Å². The molecule has 0 aromatic carbocycles. The summed E-state index contributed by atoms with van der Waals surface area (Å²) in [5, 5.41) is 0. The average Bonchev–Trinajstić information content (AvgIpc) is 2.45. The summed E-state index contributed by atoms with van der Waals surface area (Å²) in [5.41, 5.74) is 5.95. The smallest absolute Gasteiger partial charge is 0.0706 e. The first-order valence-electron chi connectivity index (χ1n) is 8.55. The Kier molecular flexibility index (Phi) is 5.46. The van der Waals surface area contributed by atoms with Crippen LogP contribution in [0.25, 0.3) is 5.57 Å². The van der Waals surface area contributed by atoms with Crippen LogP contribution in [-0.2, 0) is 0 Å². The van der Waals surface area contributed by atoms with Crippen molar-refractivity contribution in [3.05, 3.63) is 53.9 Å². The summed E-state index contributed by atoms with van der Waals surface area (Å²) in [7, 11) is 0. The van der Waals surface area contributed by atoms with Crippen LogP contribution in [0.5, 0.6) is 0 Å². The van der Waals surface area contributed by atoms with Crippen molar-refractivity contribution in [1.29, 1.82) is 0 Å². The van der Waals surface area contributed by atoms with Crippen LogP contribution >= 0.6 is 0 Å². The average molecular weight is 310 g/mol. The van der Waals surface area contributed by atoms with E-state index in [1.54, 1.807) is 0 Å². The van der Waals surface area contributed by atoms with Gasteiger partial charge in [-0.1, -0.05) is 44.2 Å². The quantitative estimate of drug-likeness (QED) is 0.678. The second-order valence-electron chi connectivity index (χ2n) is 7.44. The minimum Gasteiger partial charge on any atom is -0.370 e. The lowest BCUT2D eigenvalue weighted by atomic mass is 9.84. The van der Waals surface area contributed by atoms with Crippen molar-refractivity contribution < 1.29 is 0 Å². The lowest BCUT2D eigenvalue weighted by molar-refractivity contribution is 0.293. The predicted octanol–water partition coefficient (Wildman–Crippen LogP) is 5.55. The molecule has 1 saturated heterocycles. The van der Waals surface area contributed by atoms with Gasteiger partial charge in [0.25, 0.3) is 0 Å². The molecule has 0 N–H and O–H groups in total. The summed E-state index contributed by atoms with van der Waals surface area (Å²) >= 11 is 0. The van der Waals surface area contributed by atoms with Crippen LogP contribution in [0, 0.1) is 12.3 Å². The van der Waals surface area contributed by atoms with Crippen molar-refractivity contribution in [2.75, 3.05) is 18.0 Å². The van der Waals surface area contributed by atoms with Crippen LogP contribution in [0.3, 0.4) is 0 Å². The number of hydrogen-bond acceptors (Lipinski definition) is 2. The van der Waals surface area contributed by atoms with Gasteiger partial charge < -0.3 is 4.90 Å². The molecule has 2 heteroatoms. The summed E-state index contributed by atoms with van der Waals surface area (Å²) in [4.78, 5) is 7.36. The molecule has 23 heavy (non-hydrogen) atoms. The van der Waals surface area contributed by atoms with Crippen LogP contribution in [0.15, 0.2) is 42.5 Å². The van der Waals surface area contributed by atoms with E-state index in [1.807, 2.05) is 19.9 Å². The topological polar surface area (TPSA) is 16.1 Å². The standard InChI is InChI=1S/C21H30N2/c1-7-9-18(14-16(2)3)19-10-11-20(17(4)22-19)23-13-8-12-21(5,6)15-23/h7,9-11,14H,2,8,12-13,15H2,1,3-6H3/b9-7?,18-14+. The number of aryl methyl sites for hydroxylation is 1. The molecule has 1 aromatic rings. The molecule has 2 rings (SSSR count). The van der Waals surface area contributed by atoms with Gasteiger partial charge in [-0.3, -0.25) is 4.98 Å². The van der Waals surface area contributed by atoms with Crippen LogP contribution in [0.4, 0.5) is 5.69 Å². The van der Waals surface area contributed by atoms with Gasteiger partial charge in [0.05, 0.1) is 17.1 Å². The van der Waals surface area contributed by atoms with Crippen molar-refractivity contribution in [3.8, 4) is 0 Å². The Morgan fingerprint density at radius 2 is 2.09 bits per heavy atom. The number of hydrogen-bond donors (Lipinski definition) is 0. The summed E-state index contributed by atoms with van der Waals surface area (Å²) in [6.45, 7) is 17.1. The molecular weight excluding hydrogens is 280 g/mol. The second-order valence-corrected chi connectivity index (χ2v) is 7.44. The molecular formula is C21H30N2. The molecule has 0 aliphatic carbocycles. The highest BCUT2D eigenvalue weighted by atomic mass is 15.2. The molecule has 1 fully saturated rings. The SMILES string of the molecule is C=C(C)/C=C(\C=CC)c1ccc(N2CCCC(C)(C)C2)c(C)n1. The van der Waals surface area contributed by atoms with Crippen LogP contribution in [0.1, 0.15) is 51.9 Å². The number of aromatic nitrogens is 1. The van der Waals surface area contributed by atoms with Crippen LogP contribution < -0.4 is 4.90 Å². The van der Waals surface area contributed by atoms with Gasteiger partial charge in [-0.2, -0.15) is 0 Å². The molecule has 1 aliphatic rings. The van der Waals surface area contributed by atoms with E-state index in [4.69, 9.17) is 4.98 Å². The maximum atomic E-state index is 4.87. The summed E-state index contributed by atoms with van der Waals surface area (Å²) in [6, 6.07) is 4.37. The summed E-state index contributed by atoms with van der Waals surface area (Å²) in [6.07, 6.45) is 8.80. The molecule has 1 aliphatic heterocycles. The molecule has 0 radical (unpaired) electrons. The van der Waals surface area contributed by atoms with Crippen molar-refractivity contribution >= 4 is 11.3 Å². The Hall–Kier alpha value is -1.83. The Balaban J connectivity index is 2.32. The monoisotopic (exact) mass is 310 g/mol. The summed E-state index contributed by atoms with van der Waals surface area (Å²) in [5.74, 6) is 0. The normalized spacial score (nSPS) is 18.5. The molecule has 0 atom stereocenters. The van der Waals surface area contributed by atoms with Crippen LogP contribution in [0.2, 0.25) is 0 Å². The number of piperidine rings is 1. The van der Waals surface area contributed by atoms with Gasteiger partial charge >= 0.3 is 0 Å². The van der Waals surface area contributed by atoms with Gasteiger partial charge in [0.2, 0.25) is 0 Å². The lowest BCUT2D eigenvalue weighted by Gasteiger charge is -2.39. The van der Waals surface area contributed by atoms with Gasteiger partial charge in [-0.15, -0.1) is 0 Å². The van der Waals surface area contributed by atoms with Crippen LogP contribution in [-0.4, -0.2) is 18.1 Å². The van der Waals surface area contributed by atoms with Crippen molar-refractivity contribution in [1.82, 2.24) is 4.98 Å². The molecule has 0 bridgehead atoms. The molecule has 0 amide bonds. The molecule has 0 saturated carbocycles. The highest BCUT2D eigenvalue weighted by Gasteiger charge is 2.27. The number of rotatable bonds is 4. The third-order valence-electron chi connectivity index (χ3n) is 4.34. The molecule has 2 heterocycles. The Labute approximate surface area is 141 Å². The number of pyridine rings is 1. The fourth-order valence-electron chi connectivity index (χ4n) is 3.33. The van der Waals surface area contributed by atoms with E-state index in [0.29, 0.717) is 5.41 Å². The Bertz CT molecular complexity index is 635. The third kappa shape index (κ3) is 4.57. The third-order valence-corrected chi connectivity index (χ3v) is 4.34. The molecule has 0 unspecified atom stereocenters. The van der Waals surface area contributed by atoms with Crippen molar-refractivity contribution in [3.63, 3.8) is 0 Å². The molecule has 2 nitrogen and oxygen atoms in total. The molecule has 1 aromatic heterocycles. The maximum absolute atomic E-state index is 4.87. The van der Waals surface area contributed by atoms with Gasteiger partial charge in [0.1, 0.15) is 0 Å². The fraction of sp³-hybridized carbons (Fsp3) is 0.476. The molecule has 124 valence electrons. The highest BCUT2D eigenvalue weighted by molar-refractivity contribution is 5.74. The zero-order valence-electron chi connectivity index (χ0n) is 15.3. The summed E-state index contributed by atoms with van der Waals surface area (Å²) < 4.78 is 0. The first-order valence-corrected chi connectivity index (χ1v) is 8.55. The van der Waals surface area contributed by atoms with Crippen molar-refractivity contribution in [2.24, 2.45) is 5.41 Å². The largest absolute Gasteiger partial charge is 0.370 e. The molecule has 0 spiro atoms. The zero-order valence-corrected chi connectivity index (χ0v) is 15.3. The van der Waals surface area contributed by atoms with Gasteiger partial charge in [0.15, 0.2) is 0 Å². The van der Waals surface area contributed by atoms with Gasteiger partial charge in [-0.05, 0) is 51.2 Å². The second kappa shape index (κ2) is 7.16.